The topological polar surface area (TPSA) is 69.6 Å². The van der Waals surface area contributed by atoms with Crippen LogP contribution in [0.1, 0.15) is 16.8 Å². The molecule has 1 atom stereocenters. The molecule has 1 aliphatic rings. The first-order valence-electron chi connectivity index (χ1n) is 6.56. The fourth-order valence-electron chi connectivity index (χ4n) is 2.21. The van der Waals surface area contributed by atoms with Gasteiger partial charge in [-0.25, -0.2) is 0 Å². The Kier molecular flexibility index (Phi) is 4.53. The van der Waals surface area contributed by atoms with E-state index < -0.39 is 0 Å². The van der Waals surface area contributed by atoms with E-state index in [1.165, 1.54) is 0 Å². The van der Waals surface area contributed by atoms with Crippen LogP contribution in [0.15, 0.2) is 36.9 Å². The summed E-state index contributed by atoms with van der Waals surface area (Å²) in [6.07, 6.45) is 1.99. The third kappa shape index (κ3) is 3.05. The molecule has 5 nitrogen and oxygen atoms in total. The number of aliphatic hydroxyl groups is 1. The molecule has 20 heavy (non-hydrogen) atoms. The van der Waals surface area contributed by atoms with E-state index in [1.807, 2.05) is 0 Å². The normalized spacial score (nSPS) is 18.1. The average Bonchev–Trinajstić information content (AvgIpc) is 2.86. The zero-order valence-electron chi connectivity index (χ0n) is 11.2. The molecule has 1 aromatic carbocycles. The van der Waals surface area contributed by atoms with Crippen molar-refractivity contribution >= 4 is 17.5 Å². The van der Waals surface area contributed by atoms with Crippen LogP contribution in [0.25, 0.3) is 0 Å². The summed E-state index contributed by atoms with van der Waals surface area (Å²) < 4.78 is 0. The summed E-state index contributed by atoms with van der Waals surface area (Å²) in [6.45, 7) is 4.50. The lowest BCUT2D eigenvalue weighted by Crippen LogP contribution is -2.25. The molecule has 1 aliphatic heterocycles. The Bertz CT molecular complexity index is 510. The molecule has 2 amide bonds. The number of anilines is 1. The molecule has 1 unspecified atom stereocenters. The number of carbonyl (C=O) groups excluding carboxylic acids is 2. The van der Waals surface area contributed by atoms with Gasteiger partial charge in [0.25, 0.3) is 5.91 Å². The molecule has 106 valence electrons. The monoisotopic (exact) mass is 274 g/mol. The van der Waals surface area contributed by atoms with Gasteiger partial charge >= 0.3 is 0 Å². The Morgan fingerprint density at radius 3 is 2.70 bits per heavy atom. The maximum atomic E-state index is 11.8. The molecular weight excluding hydrogens is 256 g/mol. The molecule has 0 spiro atoms. The highest BCUT2D eigenvalue weighted by Gasteiger charge is 2.29. The largest absolute Gasteiger partial charge is 0.396 e. The van der Waals surface area contributed by atoms with Gasteiger partial charge < -0.3 is 15.3 Å². The van der Waals surface area contributed by atoms with Gasteiger partial charge in [0.2, 0.25) is 5.91 Å². The minimum absolute atomic E-state index is 0.00179. The number of nitrogens with one attached hydrogen (secondary N) is 1. The summed E-state index contributed by atoms with van der Waals surface area (Å²) in [6, 6.07) is 6.88. The zero-order valence-corrected chi connectivity index (χ0v) is 11.2. The Balaban J connectivity index is 2.06. The molecule has 0 aromatic heterocycles. The van der Waals surface area contributed by atoms with E-state index in [9.17, 15) is 9.59 Å². The van der Waals surface area contributed by atoms with Crippen LogP contribution >= 0.6 is 0 Å². The van der Waals surface area contributed by atoms with E-state index in [2.05, 4.69) is 11.9 Å². The van der Waals surface area contributed by atoms with Crippen molar-refractivity contribution in [3.05, 3.63) is 42.5 Å². The number of amides is 2. The van der Waals surface area contributed by atoms with Gasteiger partial charge in [0.15, 0.2) is 0 Å². The van der Waals surface area contributed by atoms with Crippen molar-refractivity contribution in [3.8, 4) is 0 Å². The molecule has 0 saturated carbocycles. The number of benzene rings is 1. The van der Waals surface area contributed by atoms with E-state index in [-0.39, 0.29) is 24.3 Å². The van der Waals surface area contributed by atoms with Gasteiger partial charge in [0, 0.05) is 43.3 Å². The van der Waals surface area contributed by atoms with Gasteiger partial charge in [-0.15, -0.1) is 6.58 Å². The highest BCUT2D eigenvalue weighted by atomic mass is 16.3. The zero-order chi connectivity index (χ0) is 14.5. The minimum atomic E-state index is -0.169. The van der Waals surface area contributed by atoms with Crippen LogP contribution in [-0.4, -0.2) is 36.6 Å². The van der Waals surface area contributed by atoms with Gasteiger partial charge in [-0.05, 0) is 24.3 Å². The second-order valence-corrected chi connectivity index (χ2v) is 4.80. The highest BCUT2D eigenvalue weighted by molar-refractivity contribution is 5.97. The molecule has 2 rings (SSSR count). The molecule has 5 heteroatoms. The number of hydrogen-bond acceptors (Lipinski definition) is 3. The van der Waals surface area contributed by atoms with Crippen LogP contribution in [0, 0.1) is 5.92 Å². The fourth-order valence-corrected chi connectivity index (χ4v) is 2.21. The van der Waals surface area contributed by atoms with Crippen LogP contribution in [0.5, 0.6) is 0 Å². The maximum absolute atomic E-state index is 11.8. The van der Waals surface area contributed by atoms with Crippen LogP contribution in [-0.2, 0) is 4.79 Å². The maximum Gasteiger partial charge on any atom is 0.251 e. The number of rotatable bonds is 5. The third-order valence-electron chi connectivity index (χ3n) is 3.31. The van der Waals surface area contributed by atoms with Crippen LogP contribution in [0.3, 0.4) is 0 Å². The molecule has 1 saturated heterocycles. The Morgan fingerprint density at radius 1 is 1.45 bits per heavy atom. The Morgan fingerprint density at radius 2 is 2.15 bits per heavy atom. The van der Waals surface area contributed by atoms with E-state index in [4.69, 9.17) is 5.11 Å². The lowest BCUT2D eigenvalue weighted by atomic mass is 10.1. The van der Waals surface area contributed by atoms with Crippen LogP contribution in [0.4, 0.5) is 5.69 Å². The van der Waals surface area contributed by atoms with Gasteiger partial charge in [-0.2, -0.15) is 0 Å². The molecule has 1 fully saturated rings. The summed E-state index contributed by atoms with van der Waals surface area (Å²) in [4.78, 5) is 25.2. The lowest BCUT2D eigenvalue weighted by Gasteiger charge is -2.16. The summed E-state index contributed by atoms with van der Waals surface area (Å²) in [5.74, 6) is -0.164. The number of aliphatic hydroxyl groups excluding tert-OH is 1. The summed E-state index contributed by atoms with van der Waals surface area (Å²) >= 11 is 0. The van der Waals surface area contributed by atoms with Gasteiger partial charge in [0.1, 0.15) is 0 Å². The SMILES string of the molecule is C=CCNC(=O)c1ccc(N2CC(CO)CC2=O)cc1. The average molecular weight is 274 g/mol. The van der Waals surface area contributed by atoms with Crippen molar-refractivity contribution in [2.24, 2.45) is 5.92 Å². The van der Waals surface area contributed by atoms with Gasteiger partial charge in [0.05, 0.1) is 0 Å². The van der Waals surface area contributed by atoms with E-state index in [0.29, 0.717) is 25.1 Å². The summed E-state index contributed by atoms with van der Waals surface area (Å²) in [5, 5.41) is 11.8. The quantitative estimate of drug-likeness (QED) is 0.785. The molecule has 2 N–H and O–H groups in total. The smallest absolute Gasteiger partial charge is 0.251 e. The number of nitrogens with zero attached hydrogens (tertiary/aromatic N) is 1. The van der Waals surface area contributed by atoms with Crippen LogP contribution < -0.4 is 10.2 Å². The van der Waals surface area contributed by atoms with Gasteiger partial charge in [-0.1, -0.05) is 6.08 Å². The number of carbonyl (C=O) groups is 2. The van der Waals surface area contributed by atoms with E-state index in [1.54, 1.807) is 35.2 Å². The highest BCUT2D eigenvalue weighted by Crippen LogP contribution is 2.24. The van der Waals surface area contributed by atoms with Crippen molar-refractivity contribution in [2.45, 2.75) is 6.42 Å². The first-order chi connectivity index (χ1) is 9.65. The first kappa shape index (κ1) is 14.3. The standard InChI is InChI=1S/C15H18N2O3/c1-2-7-16-15(20)12-3-5-13(6-4-12)17-9-11(10-18)8-14(17)19/h2-6,11,18H,1,7-10H2,(H,16,20). The second-order valence-electron chi connectivity index (χ2n) is 4.80. The van der Waals surface area contributed by atoms with Gasteiger partial charge in [-0.3, -0.25) is 9.59 Å². The van der Waals surface area contributed by atoms with Crippen molar-refractivity contribution < 1.29 is 14.7 Å². The lowest BCUT2D eigenvalue weighted by molar-refractivity contribution is -0.117. The van der Waals surface area contributed by atoms with Crippen molar-refractivity contribution in [2.75, 3.05) is 24.6 Å². The molecule has 1 heterocycles. The van der Waals surface area contributed by atoms with E-state index in [0.717, 1.165) is 5.69 Å². The Hall–Kier alpha value is -2.14. The fraction of sp³-hybridized carbons (Fsp3) is 0.333. The first-order valence-corrected chi connectivity index (χ1v) is 6.56. The predicted molar refractivity (Wildman–Crippen MR) is 76.5 cm³/mol. The summed E-state index contributed by atoms with van der Waals surface area (Å²) in [7, 11) is 0. The van der Waals surface area contributed by atoms with Crippen molar-refractivity contribution in [3.63, 3.8) is 0 Å². The minimum Gasteiger partial charge on any atom is -0.396 e. The number of hydrogen-bond donors (Lipinski definition) is 2. The molecule has 1 aromatic rings. The second kappa shape index (κ2) is 6.34. The molecule has 0 aliphatic carbocycles. The Labute approximate surface area is 117 Å². The van der Waals surface area contributed by atoms with E-state index >= 15 is 0 Å². The summed E-state index contributed by atoms with van der Waals surface area (Å²) in [5.41, 5.74) is 1.30. The van der Waals surface area contributed by atoms with Crippen molar-refractivity contribution in [1.82, 2.24) is 5.32 Å². The van der Waals surface area contributed by atoms with Crippen molar-refractivity contribution in [1.29, 1.82) is 0 Å². The molecular formula is C15H18N2O3. The van der Waals surface area contributed by atoms with Crippen LogP contribution in [0.2, 0.25) is 0 Å². The predicted octanol–water partition coefficient (Wildman–Crippen LogP) is 0.948. The molecule has 0 bridgehead atoms. The molecule has 0 radical (unpaired) electrons. The third-order valence-corrected chi connectivity index (χ3v) is 3.31.